The van der Waals surface area contributed by atoms with Crippen molar-refractivity contribution in [1.29, 1.82) is 0 Å². The van der Waals surface area contributed by atoms with E-state index >= 15 is 0 Å². The number of benzene rings is 2. The number of aryl methyl sites for hydroxylation is 1. The third-order valence-electron chi connectivity index (χ3n) is 4.19. The van der Waals surface area contributed by atoms with E-state index in [1.807, 2.05) is 25.1 Å². The molecule has 2 heterocycles. The number of hydrogen-bond donors (Lipinski definition) is 0. The van der Waals surface area contributed by atoms with Gasteiger partial charge in [0, 0.05) is 6.54 Å². The molecular weight excluding hydrogens is 362 g/mol. The van der Waals surface area contributed by atoms with Gasteiger partial charge in [-0.3, -0.25) is 0 Å². The lowest BCUT2D eigenvalue weighted by Crippen LogP contribution is -2.05. The molecule has 0 aliphatic rings. The van der Waals surface area contributed by atoms with Gasteiger partial charge < -0.3 is 14.0 Å². The van der Waals surface area contributed by atoms with Crippen molar-refractivity contribution >= 4 is 17.0 Å². The number of ether oxygens (including phenoxy) is 2. The monoisotopic (exact) mass is 379 g/mol. The average molecular weight is 379 g/mol. The topological polar surface area (TPSA) is 105 Å². The van der Waals surface area contributed by atoms with Gasteiger partial charge in [0.05, 0.1) is 23.8 Å². The Bertz CT molecular complexity index is 1130. The van der Waals surface area contributed by atoms with Crippen molar-refractivity contribution < 1.29 is 18.8 Å². The summed E-state index contributed by atoms with van der Waals surface area (Å²) in [6.45, 7) is 2.53. The van der Waals surface area contributed by atoms with E-state index < -0.39 is 5.97 Å². The summed E-state index contributed by atoms with van der Waals surface area (Å²) in [6, 6.07) is 12.4. The lowest BCUT2D eigenvalue weighted by molar-refractivity contribution is 0.0430. The molecule has 0 aliphatic heterocycles. The van der Waals surface area contributed by atoms with Crippen LogP contribution in [0.1, 0.15) is 23.2 Å². The molecule has 0 atom stereocenters. The Morgan fingerprint density at radius 3 is 2.89 bits per heavy atom. The predicted octanol–water partition coefficient (Wildman–Crippen LogP) is 2.87. The Hall–Kier alpha value is -3.75. The summed E-state index contributed by atoms with van der Waals surface area (Å²) in [4.78, 5) is 16.6. The first-order chi connectivity index (χ1) is 13.7. The standard InChI is InChI=1S/C19H17N5O4/c1-3-24-15-9-8-12(10-14(15)21-23-24)19(25)27-11-17-20-18(22-28-17)13-6-4-5-7-16(13)26-2/h4-10H,3,11H2,1-2H3. The van der Waals surface area contributed by atoms with E-state index in [9.17, 15) is 4.79 Å². The molecule has 0 spiro atoms. The predicted molar refractivity (Wildman–Crippen MR) is 98.6 cm³/mol. The zero-order valence-electron chi connectivity index (χ0n) is 15.3. The number of aromatic nitrogens is 5. The molecule has 0 amide bonds. The molecule has 0 unspecified atom stereocenters. The van der Waals surface area contributed by atoms with E-state index in [1.165, 1.54) is 0 Å². The SMILES string of the molecule is CCn1nnc2cc(C(=O)OCc3nc(-c4ccccc4OC)no3)ccc21. The quantitative estimate of drug-likeness (QED) is 0.471. The summed E-state index contributed by atoms with van der Waals surface area (Å²) >= 11 is 0. The average Bonchev–Trinajstić information content (AvgIpc) is 3.38. The minimum atomic E-state index is -0.509. The number of carbonyl (C=O) groups excluding carboxylic acids is 1. The number of rotatable bonds is 6. The van der Waals surface area contributed by atoms with Crippen molar-refractivity contribution in [3.05, 3.63) is 53.9 Å². The van der Waals surface area contributed by atoms with Gasteiger partial charge in [-0.1, -0.05) is 22.5 Å². The molecule has 0 saturated heterocycles. The van der Waals surface area contributed by atoms with Crippen LogP contribution in [-0.2, 0) is 17.9 Å². The Morgan fingerprint density at radius 1 is 1.21 bits per heavy atom. The minimum Gasteiger partial charge on any atom is -0.496 e. The molecule has 0 fully saturated rings. The number of hydrogen-bond acceptors (Lipinski definition) is 8. The first kappa shape index (κ1) is 17.7. The zero-order valence-corrected chi connectivity index (χ0v) is 15.3. The molecule has 2 aromatic heterocycles. The fraction of sp³-hybridized carbons (Fsp3) is 0.211. The van der Waals surface area contributed by atoms with Crippen molar-refractivity contribution in [3.63, 3.8) is 0 Å². The number of methoxy groups -OCH3 is 1. The molecule has 2 aromatic carbocycles. The Balaban J connectivity index is 1.46. The lowest BCUT2D eigenvalue weighted by atomic mass is 10.2. The number of nitrogens with zero attached hydrogens (tertiary/aromatic N) is 5. The highest BCUT2D eigenvalue weighted by molar-refractivity contribution is 5.93. The van der Waals surface area contributed by atoms with Crippen LogP contribution in [0.2, 0.25) is 0 Å². The molecule has 4 aromatic rings. The number of fused-ring (bicyclic) bond motifs is 1. The summed E-state index contributed by atoms with van der Waals surface area (Å²) in [6.07, 6.45) is 0. The lowest BCUT2D eigenvalue weighted by Gasteiger charge is -2.03. The van der Waals surface area contributed by atoms with Gasteiger partial charge in [0.2, 0.25) is 5.82 Å². The smallest absolute Gasteiger partial charge is 0.338 e. The van der Waals surface area contributed by atoms with Gasteiger partial charge in [-0.2, -0.15) is 4.98 Å². The van der Waals surface area contributed by atoms with Crippen molar-refractivity contribution in [2.24, 2.45) is 0 Å². The third kappa shape index (κ3) is 3.29. The summed E-state index contributed by atoms with van der Waals surface area (Å²) < 4.78 is 17.5. The maximum atomic E-state index is 12.3. The molecule has 0 N–H and O–H groups in total. The van der Waals surface area contributed by atoms with Crippen molar-refractivity contribution in [2.45, 2.75) is 20.1 Å². The minimum absolute atomic E-state index is 0.138. The highest BCUT2D eigenvalue weighted by Gasteiger charge is 2.16. The second kappa shape index (κ2) is 7.47. The first-order valence-corrected chi connectivity index (χ1v) is 8.66. The molecule has 142 valence electrons. The van der Waals surface area contributed by atoms with Gasteiger partial charge in [-0.15, -0.1) is 5.10 Å². The van der Waals surface area contributed by atoms with Crippen LogP contribution in [0.5, 0.6) is 5.75 Å². The second-order valence-corrected chi connectivity index (χ2v) is 5.90. The van der Waals surface area contributed by atoms with Crippen molar-refractivity contribution in [1.82, 2.24) is 25.1 Å². The van der Waals surface area contributed by atoms with Crippen LogP contribution in [-0.4, -0.2) is 38.2 Å². The van der Waals surface area contributed by atoms with E-state index in [2.05, 4.69) is 20.5 Å². The van der Waals surface area contributed by atoms with Gasteiger partial charge in [0.25, 0.3) is 5.89 Å². The Kier molecular flexibility index (Phi) is 4.71. The number of carbonyl (C=O) groups is 1. The van der Waals surface area contributed by atoms with E-state index in [0.717, 1.165) is 5.52 Å². The van der Waals surface area contributed by atoms with Crippen LogP contribution in [0.3, 0.4) is 0 Å². The largest absolute Gasteiger partial charge is 0.496 e. The van der Waals surface area contributed by atoms with Crippen LogP contribution in [0.15, 0.2) is 47.0 Å². The van der Waals surface area contributed by atoms with Crippen LogP contribution < -0.4 is 4.74 Å². The molecular formula is C19H17N5O4. The maximum absolute atomic E-state index is 12.3. The molecule has 28 heavy (non-hydrogen) atoms. The molecule has 9 nitrogen and oxygen atoms in total. The third-order valence-corrected chi connectivity index (χ3v) is 4.19. The summed E-state index contributed by atoms with van der Waals surface area (Å²) in [5.74, 6) is 0.665. The van der Waals surface area contributed by atoms with Gasteiger partial charge in [0.1, 0.15) is 11.3 Å². The fourth-order valence-corrected chi connectivity index (χ4v) is 2.80. The normalized spacial score (nSPS) is 10.9. The van der Waals surface area contributed by atoms with E-state index in [0.29, 0.717) is 34.8 Å². The van der Waals surface area contributed by atoms with E-state index in [-0.39, 0.29) is 12.5 Å². The molecule has 0 bridgehead atoms. The number of para-hydroxylation sites is 1. The number of esters is 1. The van der Waals surface area contributed by atoms with Crippen molar-refractivity contribution in [3.8, 4) is 17.1 Å². The van der Waals surface area contributed by atoms with Crippen LogP contribution in [0.25, 0.3) is 22.4 Å². The molecule has 9 heteroatoms. The highest BCUT2D eigenvalue weighted by Crippen LogP contribution is 2.27. The maximum Gasteiger partial charge on any atom is 0.338 e. The summed E-state index contributed by atoms with van der Waals surface area (Å²) in [7, 11) is 1.57. The summed E-state index contributed by atoms with van der Waals surface area (Å²) in [5, 5.41) is 12.0. The highest BCUT2D eigenvalue weighted by atomic mass is 16.6. The molecule has 0 radical (unpaired) electrons. The van der Waals surface area contributed by atoms with Gasteiger partial charge >= 0.3 is 5.97 Å². The van der Waals surface area contributed by atoms with Crippen LogP contribution in [0, 0.1) is 0 Å². The van der Waals surface area contributed by atoms with Gasteiger partial charge in [-0.05, 0) is 37.3 Å². The Morgan fingerprint density at radius 2 is 2.07 bits per heavy atom. The van der Waals surface area contributed by atoms with Crippen molar-refractivity contribution in [2.75, 3.05) is 7.11 Å². The zero-order chi connectivity index (χ0) is 19.5. The summed E-state index contributed by atoms with van der Waals surface area (Å²) in [5.41, 5.74) is 2.56. The van der Waals surface area contributed by atoms with Crippen LogP contribution in [0.4, 0.5) is 0 Å². The van der Waals surface area contributed by atoms with Gasteiger partial charge in [-0.25, -0.2) is 9.48 Å². The first-order valence-electron chi connectivity index (χ1n) is 8.66. The van der Waals surface area contributed by atoms with E-state index in [1.54, 1.807) is 36.1 Å². The van der Waals surface area contributed by atoms with Crippen LogP contribution >= 0.6 is 0 Å². The van der Waals surface area contributed by atoms with E-state index in [4.69, 9.17) is 14.0 Å². The Labute approximate surface area is 159 Å². The fourth-order valence-electron chi connectivity index (χ4n) is 2.80. The second-order valence-electron chi connectivity index (χ2n) is 5.90. The molecule has 0 aliphatic carbocycles. The molecule has 4 rings (SSSR count). The van der Waals surface area contributed by atoms with Gasteiger partial charge in [0.15, 0.2) is 6.61 Å². The molecule has 0 saturated carbocycles.